The number of para-hydroxylation sites is 1. The summed E-state index contributed by atoms with van der Waals surface area (Å²) in [4.78, 5) is 0. The Balaban J connectivity index is 2.25. The van der Waals surface area contributed by atoms with Crippen molar-refractivity contribution in [1.29, 1.82) is 0 Å². The van der Waals surface area contributed by atoms with Crippen LogP contribution in [0.3, 0.4) is 0 Å². The highest BCUT2D eigenvalue weighted by Gasteiger charge is 2.40. The topological polar surface area (TPSA) is 40.5 Å². The van der Waals surface area contributed by atoms with Gasteiger partial charge in [0.1, 0.15) is 5.75 Å². The van der Waals surface area contributed by atoms with E-state index in [-0.39, 0.29) is 5.75 Å². The van der Waals surface area contributed by atoms with Crippen LogP contribution < -0.4 is 0 Å². The molecule has 2 nitrogen and oxygen atoms in total. The van der Waals surface area contributed by atoms with E-state index >= 15 is 0 Å². The summed E-state index contributed by atoms with van der Waals surface area (Å²) in [6, 6.07) is 5.50. The maximum absolute atomic E-state index is 9.67. The number of phenolic OH excluding ortho intramolecular Hbond substituents is 1. The third kappa shape index (κ3) is 1.86. The Morgan fingerprint density at radius 1 is 1.38 bits per heavy atom. The van der Waals surface area contributed by atoms with Crippen molar-refractivity contribution in [3.8, 4) is 5.75 Å². The molecule has 0 aliphatic heterocycles. The van der Waals surface area contributed by atoms with Gasteiger partial charge in [0.25, 0.3) is 0 Å². The molecule has 2 N–H and O–H groups in total. The Kier molecular flexibility index (Phi) is 2.08. The van der Waals surface area contributed by atoms with E-state index in [1.807, 2.05) is 12.1 Å². The molecular weight excluding hydrogens is 232 g/mol. The van der Waals surface area contributed by atoms with E-state index in [0.29, 0.717) is 10.9 Å². The van der Waals surface area contributed by atoms with Gasteiger partial charge in [-0.05, 0) is 40.4 Å². The van der Waals surface area contributed by atoms with Crippen molar-refractivity contribution in [2.45, 2.75) is 24.9 Å². The first-order valence-corrected chi connectivity index (χ1v) is 5.09. The van der Waals surface area contributed by atoms with E-state index in [9.17, 15) is 10.2 Å². The van der Waals surface area contributed by atoms with Crippen molar-refractivity contribution in [1.82, 2.24) is 0 Å². The molecule has 0 spiro atoms. The van der Waals surface area contributed by atoms with Gasteiger partial charge in [0, 0.05) is 6.42 Å². The van der Waals surface area contributed by atoms with Crippen LogP contribution in [0.15, 0.2) is 22.7 Å². The van der Waals surface area contributed by atoms with E-state index < -0.39 is 5.60 Å². The molecule has 0 bridgehead atoms. The van der Waals surface area contributed by atoms with Crippen LogP contribution in [0.5, 0.6) is 5.75 Å². The van der Waals surface area contributed by atoms with Crippen LogP contribution in [0.1, 0.15) is 18.4 Å². The molecular formula is C10H11BrO2. The lowest BCUT2D eigenvalue weighted by atomic mass is 10.1. The highest BCUT2D eigenvalue weighted by atomic mass is 79.9. The number of hydrogen-bond acceptors (Lipinski definition) is 2. The van der Waals surface area contributed by atoms with E-state index in [1.54, 1.807) is 6.07 Å². The number of benzene rings is 1. The Morgan fingerprint density at radius 3 is 2.69 bits per heavy atom. The second-order valence-corrected chi connectivity index (χ2v) is 4.50. The molecule has 0 atom stereocenters. The third-order valence-electron chi connectivity index (χ3n) is 2.42. The van der Waals surface area contributed by atoms with E-state index in [2.05, 4.69) is 15.9 Å². The summed E-state index contributed by atoms with van der Waals surface area (Å²) in [6.07, 6.45) is 2.25. The van der Waals surface area contributed by atoms with Crippen LogP contribution in [0.2, 0.25) is 0 Å². The zero-order valence-electron chi connectivity index (χ0n) is 7.13. The van der Waals surface area contributed by atoms with Crippen molar-refractivity contribution in [2.75, 3.05) is 0 Å². The lowest BCUT2D eigenvalue weighted by Crippen LogP contribution is -2.10. The molecule has 2 rings (SSSR count). The summed E-state index contributed by atoms with van der Waals surface area (Å²) in [5, 5.41) is 19.3. The van der Waals surface area contributed by atoms with Gasteiger partial charge in [0.2, 0.25) is 0 Å². The number of rotatable bonds is 2. The van der Waals surface area contributed by atoms with Crippen molar-refractivity contribution in [2.24, 2.45) is 0 Å². The van der Waals surface area contributed by atoms with Gasteiger partial charge in [-0.1, -0.05) is 12.1 Å². The molecule has 0 radical (unpaired) electrons. The van der Waals surface area contributed by atoms with Crippen LogP contribution in [0, 0.1) is 0 Å². The SMILES string of the molecule is Oc1c(Br)cccc1CC1(O)CC1. The zero-order chi connectivity index (χ0) is 9.47. The number of aliphatic hydroxyl groups is 1. The average Bonchev–Trinajstić information content (AvgIpc) is 2.78. The van der Waals surface area contributed by atoms with Gasteiger partial charge in [0.15, 0.2) is 0 Å². The first-order valence-electron chi connectivity index (χ1n) is 4.29. The molecule has 70 valence electrons. The predicted octanol–water partition coefficient (Wildman–Crippen LogP) is 2.22. The second-order valence-electron chi connectivity index (χ2n) is 3.65. The molecule has 1 aromatic carbocycles. The van der Waals surface area contributed by atoms with Gasteiger partial charge in [-0.3, -0.25) is 0 Å². The number of phenols is 1. The Morgan fingerprint density at radius 2 is 2.08 bits per heavy atom. The predicted molar refractivity (Wildman–Crippen MR) is 53.7 cm³/mol. The fraction of sp³-hybridized carbons (Fsp3) is 0.400. The first kappa shape index (κ1) is 9.03. The average molecular weight is 243 g/mol. The molecule has 1 aliphatic rings. The molecule has 1 aliphatic carbocycles. The summed E-state index contributed by atoms with van der Waals surface area (Å²) in [5.41, 5.74) is 0.271. The van der Waals surface area contributed by atoms with Crippen molar-refractivity contribution in [3.63, 3.8) is 0 Å². The number of aromatic hydroxyl groups is 1. The molecule has 0 aromatic heterocycles. The van der Waals surface area contributed by atoms with Gasteiger partial charge in [-0.25, -0.2) is 0 Å². The van der Waals surface area contributed by atoms with Crippen LogP contribution in [0.25, 0.3) is 0 Å². The Labute approximate surface area is 85.3 Å². The summed E-state index contributed by atoms with van der Waals surface area (Å²) in [6.45, 7) is 0. The maximum Gasteiger partial charge on any atom is 0.133 e. The smallest absolute Gasteiger partial charge is 0.133 e. The number of hydrogen-bond donors (Lipinski definition) is 2. The summed E-state index contributed by atoms with van der Waals surface area (Å²) in [7, 11) is 0. The van der Waals surface area contributed by atoms with Crippen molar-refractivity contribution < 1.29 is 10.2 Å². The second kappa shape index (κ2) is 3.00. The highest BCUT2D eigenvalue weighted by molar-refractivity contribution is 9.10. The lowest BCUT2D eigenvalue weighted by molar-refractivity contribution is 0.150. The van der Waals surface area contributed by atoms with Crippen LogP contribution >= 0.6 is 15.9 Å². The quantitative estimate of drug-likeness (QED) is 0.836. The van der Waals surface area contributed by atoms with Crippen molar-refractivity contribution in [3.05, 3.63) is 28.2 Å². The van der Waals surface area contributed by atoms with Gasteiger partial charge >= 0.3 is 0 Å². The molecule has 1 aromatic rings. The molecule has 13 heavy (non-hydrogen) atoms. The van der Waals surface area contributed by atoms with Crippen LogP contribution in [-0.4, -0.2) is 15.8 Å². The first-order chi connectivity index (χ1) is 6.11. The standard InChI is InChI=1S/C10H11BrO2/c11-8-3-1-2-7(9(8)12)6-10(13)4-5-10/h1-3,12-13H,4-6H2. The maximum atomic E-state index is 9.67. The van der Waals surface area contributed by atoms with E-state index in [4.69, 9.17) is 0 Å². The molecule has 3 heteroatoms. The van der Waals surface area contributed by atoms with Gasteiger partial charge in [0.05, 0.1) is 10.1 Å². The molecule has 0 unspecified atom stereocenters. The monoisotopic (exact) mass is 242 g/mol. The van der Waals surface area contributed by atoms with Crippen LogP contribution in [0.4, 0.5) is 0 Å². The van der Waals surface area contributed by atoms with Gasteiger partial charge in [-0.15, -0.1) is 0 Å². The van der Waals surface area contributed by atoms with Crippen LogP contribution in [-0.2, 0) is 6.42 Å². The summed E-state index contributed by atoms with van der Waals surface area (Å²) < 4.78 is 0.689. The molecule has 0 amide bonds. The Bertz CT molecular complexity index is 332. The zero-order valence-corrected chi connectivity index (χ0v) is 8.71. The lowest BCUT2D eigenvalue weighted by Gasteiger charge is -2.09. The van der Waals surface area contributed by atoms with Crippen molar-refractivity contribution >= 4 is 15.9 Å². The molecule has 0 saturated heterocycles. The fourth-order valence-electron chi connectivity index (χ4n) is 1.38. The highest BCUT2D eigenvalue weighted by Crippen LogP contribution is 2.41. The normalized spacial score (nSPS) is 18.6. The molecule has 1 fully saturated rings. The summed E-state index contributed by atoms with van der Waals surface area (Å²) >= 11 is 3.24. The molecule has 1 saturated carbocycles. The summed E-state index contributed by atoms with van der Waals surface area (Å²) in [5.74, 6) is 0.253. The Hall–Kier alpha value is -0.540. The van der Waals surface area contributed by atoms with Gasteiger partial charge in [-0.2, -0.15) is 0 Å². The van der Waals surface area contributed by atoms with E-state index in [1.165, 1.54) is 0 Å². The minimum Gasteiger partial charge on any atom is -0.506 e. The minimum absolute atomic E-state index is 0.253. The fourth-order valence-corrected chi connectivity index (χ4v) is 1.79. The molecule has 0 heterocycles. The number of halogens is 1. The largest absolute Gasteiger partial charge is 0.506 e. The minimum atomic E-state index is -0.543. The van der Waals surface area contributed by atoms with Gasteiger partial charge < -0.3 is 10.2 Å². The third-order valence-corrected chi connectivity index (χ3v) is 3.06. The van der Waals surface area contributed by atoms with E-state index in [0.717, 1.165) is 18.4 Å².